The number of hydrogen-bond acceptors (Lipinski definition) is 7. The highest BCUT2D eigenvalue weighted by molar-refractivity contribution is 7.13. The number of carbonyl (C=O) groups is 1. The summed E-state index contributed by atoms with van der Waals surface area (Å²) < 4.78 is 11.2. The van der Waals surface area contributed by atoms with Crippen molar-refractivity contribution >= 4 is 22.4 Å². The van der Waals surface area contributed by atoms with Gasteiger partial charge in [0.1, 0.15) is 0 Å². The van der Waals surface area contributed by atoms with Crippen molar-refractivity contribution < 1.29 is 19.4 Å². The average Bonchev–Trinajstić information content (AvgIpc) is 3.04. The SMILES string of the molecule is CCCCCOc1ccc(CNc2nc(CC(=O)[O-])cs2)cc1OC. The maximum absolute atomic E-state index is 10.6. The monoisotopic (exact) mass is 363 g/mol. The van der Waals surface area contributed by atoms with Gasteiger partial charge in [-0.3, -0.25) is 0 Å². The molecule has 1 N–H and O–H groups in total. The number of anilines is 1. The van der Waals surface area contributed by atoms with Crippen molar-refractivity contribution in [2.45, 2.75) is 39.2 Å². The van der Waals surface area contributed by atoms with E-state index in [9.17, 15) is 9.90 Å². The van der Waals surface area contributed by atoms with Crippen molar-refractivity contribution in [2.24, 2.45) is 0 Å². The van der Waals surface area contributed by atoms with Crippen LogP contribution in [0.1, 0.15) is 37.4 Å². The van der Waals surface area contributed by atoms with Crippen molar-refractivity contribution in [2.75, 3.05) is 19.0 Å². The van der Waals surface area contributed by atoms with Crippen molar-refractivity contribution in [3.05, 3.63) is 34.8 Å². The fourth-order valence-electron chi connectivity index (χ4n) is 2.27. The first kappa shape index (κ1) is 19.1. The maximum atomic E-state index is 10.6. The predicted octanol–water partition coefficient (Wildman–Crippen LogP) is 2.63. The number of carboxylic acid groups (broad SMARTS) is 1. The van der Waals surface area contributed by atoms with E-state index < -0.39 is 5.97 Å². The van der Waals surface area contributed by atoms with E-state index in [-0.39, 0.29) is 6.42 Å². The van der Waals surface area contributed by atoms with E-state index >= 15 is 0 Å². The third-order valence-electron chi connectivity index (χ3n) is 3.55. The van der Waals surface area contributed by atoms with Crippen molar-refractivity contribution in [3.8, 4) is 11.5 Å². The number of aromatic nitrogens is 1. The Morgan fingerprint density at radius 1 is 1.32 bits per heavy atom. The summed E-state index contributed by atoms with van der Waals surface area (Å²) in [7, 11) is 1.62. The Morgan fingerprint density at radius 2 is 2.16 bits per heavy atom. The molecule has 0 amide bonds. The average molecular weight is 363 g/mol. The van der Waals surface area contributed by atoms with Gasteiger partial charge in [-0.25, -0.2) is 4.98 Å². The molecule has 2 rings (SSSR count). The molecule has 0 aliphatic carbocycles. The Bertz CT molecular complexity index is 687. The maximum Gasteiger partial charge on any atom is 0.183 e. The fraction of sp³-hybridized carbons (Fsp3) is 0.444. The van der Waals surface area contributed by atoms with Crippen LogP contribution in [0.5, 0.6) is 11.5 Å². The smallest absolute Gasteiger partial charge is 0.183 e. The third-order valence-corrected chi connectivity index (χ3v) is 4.40. The number of benzene rings is 1. The minimum absolute atomic E-state index is 0.171. The first-order valence-corrected chi connectivity index (χ1v) is 9.18. The number of ether oxygens (including phenoxy) is 2. The van der Waals surface area contributed by atoms with Gasteiger partial charge in [-0.15, -0.1) is 11.3 Å². The molecule has 2 aromatic rings. The number of carboxylic acids is 1. The van der Waals surface area contributed by atoms with Crippen LogP contribution < -0.4 is 19.9 Å². The summed E-state index contributed by atoms with van der Waals surface area (Å²) in [6.07, 6.45) is 3.17. The normalized spacial score (nSPS) is 10.5. The topological polar surface area (TPSA) is 83.5 Å². The molecule has 0 aliphatic heterocycles. The second-order valence-corrected chi connectivity index (χ2v) is 6.45. The molecule has 1 heterocycles. The van der Waals surface area contributed by atoms with E-state index in [1.165, 1.54) is 11.3 Å². The molecule has 0 spiro atoms. The van der Waals surface area contributed by atoms with Crippen LogP contribution in [0, 0.1) is 0 Å². The van der Waals surface area contributed by atoms with Crippen LogP contribution in [0.15, 0.2) is 23.6 Å². The van der Waals surface area contributed by atoms with E-state index in [4.69, 9.17) is 9.47 Å². The van der Waals surface area contributed by atoms with Gasteiger partial charge >= 0.3 is 0 Å². The first-order valence-electron chi connectivity index (χ1n) is 8.30. The first-order chi connectivity index (χ1) is 12.1. The summed E-state index contributed by atoms with van der Waals surface area (Å²) in [6, 6.07) is 5.81. The molecule has 0 bridgehead atoms. The lowest BCUT2D eigenvalue weighted by molar-refractivity contribution is -0.304. The Morgan fingerprint density at radius 3 is 2.88 bits per heavy atom. The zero-order chi connectivity index (χ0) is 18.1. The summed E-state index contributed by atoms with van der Waals surface area (Å²) in [5, 5.41) is 16.2. The molecule has 0 saturated heterocycles. The fourth-order valence-corrected chi connectivity index (χ4v) is 2.98. The molecule has 7 heteroatoms. The second kappa shape index (κ2) is 9.88. The number of hydrogen-bond donors (Lipinski definition) is 1. The number of aliphatic carboxylic acids is 1. The Kier molecular flexibility index (Phi) is 7.53. The predicted molar refractivity (Wildman–Crippen MR) is 96.2 cm³/mol. The molecular formula is C18H23N2O4S-. The summed E-state index contributed by atoms with van der Waals surface area (Å²) in [4.78, 5) is 14.8. The lowest BCUT2D eigenvalue weighted by atomic mass is 10.2. The molecule has 0 radical (unpaired) electrons. The van der Waals surface area contributed by atoms with Crippen molar-refractivity contribution in [1.29, 1.82) is 0 Å². The largest absolute Gasteiger partial charge is 0.550 e. The zero-order valence-electron chi connectivity index (χ0n) is 14.5. The quantitative estimate of drug-likeness (QED) is 0.618. The van der Waals surface area contributed by atoms with Gasteiger partial charge in [-0.05, 0) is 24.1 Å². The number of unbranched alkanes of at least 4 members (excludes halogenated alkanes) is 2. The van der Waals surface area contributed by atoms with Gasteiger partial charge < -0.3 is 24.7 Å². The Hall–Kier alpha value is -2.28. The molecule has 6 nitrogen and oxygen atoms in total. The van der Waals surface area contributed by atoms with Crippen molar-refractivity contribution in [3.63, 3.8) is 0 Å². The third kappa shape index (κ3) is 6.26. The van der Waals surface area contributed by atoms with Crippen LogP contribution in [-0.4, -0.2) is 24.7 Å². The molecule has 1 aromatic carbocycles. The number of nitrogens with one attached hydrogen (secondary N) is 1. The highest BCUT2D eigenvalue weighted by Gasteiger charge is 2.07. The lowest BCUT2D eigenvalue weighted by Gasteiger charge is -2.12. The molecule has 1 aromatic heterocycles. The van der Waals surface area contributed by atoms with E-state index in [1.54, 1.807) is 12.5 Å². The lowest BCUT2D eigenvalue weighted by Crippen LogP contribution is -2.24. The van der Waals surface area contributed by atoms with Gasteiger partial charge in [-0.1, -0.05) is 25.8 Å². The molecular weight excluding hydrogens is 340 g/mol. The molecule has 0 unspecified atom stereocenters. The standard InChI is InChI=1S/C18H24N2O4S/c1-3-4-5-8-24-15-7-6-13(9-16(15)23-2)11-19-18-20-14(12-25-18)10-17(21)22/h6-7,9,12H,3-5,8,10-11H2,1-2H3,(H,19,20)(H,21,22)/p-1. The van der Waals surface area contributed by atoms with Gasteiger partial charge in [-0.2, -0.15) is 0 Å². The molecule has 25 heavy (non-hydrogen) atoms. The van der Waals surface area contributed by atoms with Crippen LogP contribution in [0.2, 0.25) is 0 Å². The summed E-state index contributed by atoms with van der Waals surface area (Å²) in [5.41, 5.74) is 1.52. The van der Waals surface area contributed by atoms with Gasteiger partial charge in [0.2, 0.25) is 0 Å². The molecule has 0 aliphatic rings. The summed E-state index contributed by atoms with van der Waals surface area (Å²) in [6.45, 7) is 3.40. The van der Waals surface area contributed by atoms with Gasteiger partial charge in [0.25, 0.3) is 0 Å². The van der Waals surface area contributed by atoms with Crippen LogP contribution >= 0.6 is 11.3 Å². The summed E-state index contributed by atoms with van der Waals surface area (Å²) in [5.74, 6) is 0.316. The van der Waals surface area contributed by atoms with E-state index in [1.807, 2.05) is 18.2 Å². The molecule has 0 atom stereocenters. The summed E-state index contributed by atoms with van der Waals surface area (Å²) >= 11 is 1.37. The molecule has 136 valence electrons. The Balaban J connectivity index is 1.91. The van der Waals surface area contributed by atoms with Gasteiger partial charge in [0, 0.05) is 24.3 Å². The van der Waals surface area contributed by atoms with E-state index in [0.717, 1.165) is 30.6 Å². The number of methoxy groups -OCH3 is 1. The molecule has 0 fully saturated rings. The van der Waals surface area contributed by atoms with Crippen LogP contribution in [0.25, 0.3) is 0 Å². The number of carbonyl (C=O) groups excluding carboxylic acids is 1. The highest BCUT2D eigenvalue weighted by Crippen LogP contribution is 2.29. The number of thiazole rings is 1. The second-order valence-electron chi connectivity index (χ2n) is 5.59. The van der Waals surface area contributed by atoms with Gasteiger partial charge in [0.15, 0.2) is 16.6 Å². The van der Waals surface area contributed by atoms with Crippen LogP contribution in [0.3, 0.4) is 0 Å². The minimum atomic E-state index is -1.13. The van der Waals surface area contributed by atoms with Crippen molar-refractivity contribution in [1.82, 2.24) is 4.98 Å². The minimum Gasteiger partial charge on any atom is -0.550 e. The zero-order valence-corrected chi connectivity index (χ0v) is 15.4. The highest BCUT2D eigenvalue weighted by atomic mass is 32.1. The van der Waals surface area contributed by atoms with E-state index in [2.05, 4.69) is 17.2 Å². The van der Waals surface area contributed by atoms with Crippen LogP contribution in [0.4, 0.5) is 5.13 Å². The number of rotatable bonds is 11. The molecule has 0 saturated carbocycles. The van der Waals surface area contributed by atoms with Crippen LogP contribution in [-0.2, 0) is 17.8 Å². The van der Waals surface area contributed by atoms with E-state index in [0.29, 0.717) is 29.7 Å². The van der Waals surface area contributed by atoms with Gasteiger partial charge in [0.05, 0.1) is 19.4 Å². The Labute approximate surface area is 151 Å². The number of nitrogens with zero attached hydrogens (tertiary/aromatic N) is 1.